The molecular weight excluding hydrogens is 404 g/mol. The van der Waals surface area contributed by atoms with E-state index in [0.717, 1.165) is 35.5 Å². The van der Waals surface area contributed by atoms with Gasteiger partial charge in [-0.15, -0.1) is 11.3 Å². The average Bonchev–Trinajstić information content (AvgIpc) is 2.97. The lowest BCUT2D eigenvalue weighted by atomic mass is 9.88. The van der Waals surface area contributed by atoms with Gasteiger partial charge >= 0.3 is 5.97 Å². The van der Waals surface area contributed by atoms with Crippen molar-refractivity contribution in [3.63, 3.8) is 0 Å². The zero-order valence-electron chi connectivity index (χ0n) is 15.3. The van der Waals surface area contributed by atoms with E-state index in [1.165, 1.54) is 12.0 Å². The Morgan fingerprint density at radius 1 is 1.33 bits per heavy atom. The number of nitrogens with one attached hydrogen (secondary N) is 2. The van der Waals surface area contributed by atoms with Gasteiger partial charge in [0.05, 0.1) is 24.8 Å². The maximum Gasteiger partial charge on any atom is 0.341 e. The molecule has 0 aliphatic heterocycles. The van der Waals surface area contributed by atoms with Gasteiger partial charge < -0.3 is 20.1 Å². The molecule has 1 aliphatic rings. The second kappa shape index (κ2) is 8.46. The van der Waals surface area contributed by atoms with Gasteiger partial charge in [-0.25, -0.2) is 4.79 Å². The summed E-state index contributed by atoms with van der Waals surface area (Å²) in [5.41, 5.74) is 2.41. The largest absolute Gasteiger partial charge is 0.495 e. The predicted octanol–water partition coefficient (Wildman–Crippen LogP) is 5.13. The second-order valence-corrected chi connectivity index (χ2v) is 8.40. The molecule has 2 N–H and O–H groups in total. The van der Waals surface area contributed by atoms with Crippen molar-refractivity contribution in [3.05, 3.63) is 39.2 Å². The number of carbonyl (C=O) groups is 1. The number of fused-ring (bicyclic) bond motifs is 1. The molecule has 144 valence electrons. The Hall–Kier alpha value is -1.83. The highest BCUT2D eigenvalue weighted by molar-refractivity contribution is 7.80. The highest BCUT2D eigenvalue weighted by atomic mass is 35.5. The number of hydrogen-bond acceptors (Lipinski definition) is 5. The van der Waals surface area contributed by atoms with Crippen LogP contribution in [0.3, 0.4) is 0 Å². The van der Waals surface area contributed by atoms with Gasteiger partial charge in [-0.2, -0.15) is 0 Å². The number of methoxy groups -OCH3 is 2. The Balaban J connectivity index is 1.81. The third kappa shape index (κ3) is 4.36. The maximum absolute atomic E-state index is 12.4. The van der Waals surface area contributed by atoms with Gasteiger partial charge in [0.25, 0.3) is 0 Å². The van der Waals surface area contributed by atoms with E-state index >= 15 is 0 Å². The molecule has 0 bridgehead atoms. The van der Waals surface area contributed by atoms with Crippen molar-refractivity contribution >= 4 is 56.9 Å². The van der Waals surface area contributed by atoms with Crippen LogP contribution in [-0.2, 0) is 17.6 Å². The van der Waals surface area contributed by atoms with Gasteiger partial charge in [-0.3, -0.25) is 0 Å². The highest BCUT2D eigenvalue weighted by Crippen LogP contribution is 2.40. The highest BCUT2D eigenvalue weighted by Gasteiger charge is 2.28. The van der Waals surface area contributed by atoms with Gasteiger partial charge in [0.2, 0.25) is 0 Å². The number of hydrogen-bond donors (Lipinski definition) is 2. The van der Waals surface area contributed by atoms with Crippen LogP contribution in [0.25, 0.3) is 0 Å². The zero-order chi connectivity index (χ0) is 19.6. The summed E-state index contributed by atoms with van der Waals surface area (Å²) in [6.45, 7) is 2.23. The van der Waals surface area contributed by atoms with E-state index in [0.29, 0.717) is 27.4 Å². The van der Waals surface area contributed by atoms with Crippen molar-refractivity contribution in [2.75, 3.05) is 24.9 Å². The van der Waals surface area contributed by atoms with Crippen LogP contribution in [0.2, 0.25) is 5.02 Å². The Kier molecular flexibility index (Phi) is 6.24. The summed E-state index contributed by atoms with van der Waals surface area (Å²) < 4.78 is 10.2. The van der Waals surface area contributed by atoms with Gasteiger partial charge in [0.15, 0.2) is 5.11 Å². The minimum absolute atomic E-state index is 0.333. The molecule has 0 fully saturated rings. The number of benzene rings is 1. The molecule has 2 aromatic rings. The first-order valence-electron chi connectivity index (χ1n) is 8.57. The molecule has 1 aliphatic carbocycles. The molecule has 27 heavy (non-hydrogen) atoms. The first-order chi connectivity index (χ1) is 12.9. The summed E-state index contributed by atoms with van der Waals surface area (Å²) in [6, 6.07) is 5.32. The molecule has 8 heteroatoms. The van der Waals surface area contributed by atoms with Gasteiger partial charge in [-0.05, 0) is 61.2 Å². The van der Waals surface area contributed by atoms with Crippen LogP contribution < -0.4 is 15.4 Å². The van der Waals surface area contributed by atoms with Crippen LogP contribution in [0.4, 0.5) is 10.7 Å². The molecule has 1 atom stereocenters. The quantitative estimate of drug-likeness (QED) is 0.524. The summed E-state index contributed by atoms with van der Waals surface area (Å²) in [4.78, 5) is 13.6. The molecule has 5 nitrogen and oxygen atoms in total. The SMILES string of the molecule is COC(=O)c1c(NC(=S)Nc2ccc(OC)c(Cl)c2)sc2c1CCC(C)C2. The Labute approximate surface area is 173 Å². The fraction of sp³-hybridized carbons (Fsp3) is 0.368. The van der Waals surface area contributed by atoms with E-state index in [9.17, 15) is 4.79 Å². The Bertz CT molecular complexity index is 882. The van der Waals surface area contributed by atoms with Gasteiger partial charge in [0, 0.05) is 10.6 Å². The summed E-state index contributed by atoms with van der Waals surface area (Å²) in [5, 5.41) is 7.84. The van der Waals surface area contributed by atoms with Crippen molar-refractivity contribution in [2.45, 2.75) is 26.2 Å². The monoisotopic (exact) mass is 424 g/mol. The van der Waals surface area contributed by atoms with Gasteiger partial charge in [-0.1, -0.05) is 18.5 Å². The molecule has 0 spiro atoms. The lowest BCUT2D eigenvalue weighted by Crippen LogP contribution is -2.20. The van der Waals surface area contributed by atoms with Gasteiger partial charge in [0.1, 0.15) is 10.8 Å². The summed E-state index contributed by atoms with van der Waals surface area (Å²) in [7, 11) is 2.96. The topological polar surface area (TPSA) is 59.6 Å². The maximum atomic E-state index is 12.4. The number of halogens is 1. The number of rotatable bonds is 4. The predicted molar refractivity (Wildman–Crippen MR) is 115 cm³/mol. The van der Waals surface area contributed by atoms with Crippen molar-refractivity contribution in [1.29, 1.82) is 0 Å². The van der Waals surface area contributed by atoms with E-state index in [1.807, 2.05) is 6.07 Å². The first-order valence-corrected chi connectivity index (χ1v) is 10.2. The zero-order valence-corrected chi connectivity index (χ0v) is 17.7. The normalized spacial score (nSPS) is 15.6. The minimum Gasteiger partial charge on any atom is -0.495 e. The van der Waals surface area contributed by atoms with E-state index in [1.54, 1.807) is 30.6 Å². The number of esters is 1. The van der Waals surface area contributed by atoms with Crippen LogP contribution in [0.1, 0.15) is 34.1 Å². The van der Waals surface area contributed by atoms with Crippen LogP contribution in [-0.4, -0.2) is 25.3 Å². The number of carbonyl (C=O) groups excluding carboxylic acids is 1. The molecule has 0 saturated carbocycles. The third-order valence-corrected chi connectivity index (χ3v) is 6.21. The van der Waals surface area contributed by atoms with Crippen LogP contribution in [0.5, 0.6) is 5.75 Å². The summed E-state index contributed by atoms with van der Waals surface area (Å²) >= 11 is 13.2. The minimum atomic E-state index is -0.333. The van der Waals surface area contributed by atoms with Crippen LogP contribution in [0, 0.1) is 5.92 Å². The fourth-order valence-corrected chi connectivity index (χ4v) is 5.11. The summed E-state index contributed by atoms with van der Waals surface area (Å²) in [5.74, 6) is 0.870. The van der Waals surface area contributed by atoms with Crippen LogP contribution >= 0.6 is 35.2 Å². The van der Waals surface area contributed by atoms with E-state index in [-0.39, 0.29) is 5.97 Å². The molecular formula is C19H21ClN2O3S2. The number of anilines is 2. The van der Waals surface area contributed by atoms with Crippen molar-refractivity contribution in [1.82, 2.24) is 0 Å². The van der Waals surface area contributed by atoms with E-state index < -0.39 is 0 Å². The standard InChI is InChI=1S/C19H21ClN2O3S2/c1-10-4-6-12-15(8-10)27-17(16(12)18(23)25-3)22-19(26)21-11-5-7-14(24-2)13(20)9-11/h5,7,9-10H,4,6,8H2,1-3H3,(H2,21,22,26). The Morgan fingerprint density at radius 2 is 2.11 bits per heavy atom. The molecule has 1 unspecified atom stereocenters. The van der Waals surface area contributed by atoms with Crippen molar-refractivity contribution in [2.24, 2.45) is 5.92 Å². The third-order valence-electron chi connectivity index (χ3n) is 4.54. The first kappa shape index (κ1) is 19.9. The molecule has 3 rings (SSSR count). The lowest BCUT2D eigenvalue weighted by molar-refractivity contribution is 0.0601. The molecule has 1 aromatic heterocycles. The molecule has 0 saturated heterocycles. The molecule has 1 heterocycles. The lowest BCUT2D eigenvalue weighted by Gasteiger charge is -2.18. The van der Waals surface area contributed by atoms with Crippen LogP contribution in [0.15, 0.2) is 18.2 Å². The second-order valence-electron chi connectivity index (χ2n) is 6.48. The summed E-state index contributed by atoms with van der Waals surface area (Å²) in [6.07, 6.45) is 2.92. The fourth-order valence-electron chi connectivity index (χ4n) is 3.17. The molecule has 0 radical (unpaired) electrons. The van der Waals surface area contributed by atoms with E-state index in [2.05, 4.69) is 17.6 Å². The number of thiophene rings is 1. The number of thiocarbonyl (C=S) groups is 1. The molecule has 1 aromatic carbocycles. The smallest absolute Gasteiger partial charge is 0.341 e. The average molecular weight is 425 g/mol. The van der Waals surface area contributed by atoms with Crippen molar-refractivity contribution in [3.8, 4) is 5.75 Å². The molecule has 0 amide bonds. The Morgan fingerprint density at radius 3 is 2.78 bits per heavy atom. The van der Waals surface area contributed by atoms with Crippen molar-refractivity contribution < 1.29 is 14.3 Å². The number of ether oxygens (including phenoxy) is 2. The van der Waals surface area contributed by atoms with E-state index in [4.69, 9.17) is 33.3 Å².